The molecule has 136 valence electrons. The predicted octanol–water partition coefficient (Wildman–Crippen LogP) is 1.82. The molecule has 0 fully saturated rings. The Balaban J connectivity index is 0.00000529. The minimum absolute atomic E-state index is 0. The molecule has 6 nitrogen and oxygen atoms in total. The molecular weight excluding hydrogens is 443 g/mol. The van der Waals surface area contributed by atoms with Crippen LogP contribution in [0.2, 0.25) is 5.02 Å². The number of amides is 1. The Kier molecular flexibility index (Phi) is 13.7. The Labute approximate surface area is 165 Å². The molecule has 0 atom stereocenters. The summed E-state index contributed by atoms with van der Waals surface area (Å²) in [6.45, 7) is 4.48. The molecule has 0 saturated heterocycles. The summed E-state index contributed by atoms with van der Waals surface area (Å²) in [4.78, 5) is 15.9. The van der Waals surface area contributed by atoms with Gasteiger partial charge in [-0.25, -0.2) is 4.99 Å². The van der Waals surface area contributed by atoms with Crippen molar-refractivity contribution in [3.8, 4) is 0 Å². The molecule has 1 amide bonds. The number of benzene rings is 1. The van der Waals surface area contributed by atoms with E-state index in [1.54, 1.807) is 7.11 Å². The minimum Gasteiger partial charge on any atom is -0.383 e. The maximum Gasteiger partial charge on any atom is 0.241 e. The van der Waals surface area contributed by atoms with Gasteiger partial charge in [-0.05, 0) is 31.0 Å². The van der Waals surface area contributed by atoms with E-state index in [1.165, 1.54) is 0 Å². The van der Waals surface area contributed by atoms with Gasteiger partial charge < -0.3 is 20.7 Å². The maximum absolute atomic E-state index is 11.6. The normalized spacial score (nSPS) is 10.7. The number of nitrogens with one attached hydrogen (secondary N) is 3. The summed E-state index contributed by atoms with van der Waals surface area (Å²) in [6, 6.07) is 7.75. The quantitative estimate of drug-likeness (QED) is 0.224. The monoisotopic (exact) mass is 468 g/mol. The lowest BCUT2D eigenvalue weighted by Gasteiger charge is -2.11. The lowest BCUT2D eigenvalue weighted by atomic mass is 10.1. The first-order valence-electron chi connectivity index (χ1n) is 7.68. The van der Waals surface area contributed by atoms with Crippen LogP contribution < -0.4 is 16.0 Å². The van der Waals surface area contributed by atoms with Crippen LogP contribution in [0.1, 0.15) is 12.5 Å². The molecule has 0 aliphatic carbocycles. The average molecular weight is 469 g/mol. The van der Waals surface area contributed by atoms with E-state index in [9.17, 15) is 4.79 Å². The van der Waals surface area contributed by atoms with E-state index in [0.717, 1.165) is 23.6 Å². The summed E-state index contributed by atoms with van der Waals surface area (Å²) in [5.74, 6) is 0.491. The summed E-state index contributed by atoms with van der Waals surface area (Å²) in [5, 5.41) is 9.77. The van der Waals surface area contributed by atoms with E-state index in [2.05, 4.69) is 20.9 Å². The topological polar surface area (TPSA) is 74.8 Å². The van der Waals surface area contributed by atoms with Crippen LogP contribution in [0.3, 0.4) is 0 Å². The Morgan fingerprint density at radius 2 is 2.04 bits per heavy atom. The van der Waals surface area contributed by atoms with E-state index >= 15 is 0 Å². The van der Waals surface area contributed by atoms with Gasteiger partial charge in [-0.1, -0.05) is 23.7 Å². The standard InChI is InChI=1S/C16H25ClN4O2.HI/c1-3-18-16(21-12-15(22)19-9-10-23-2)20-8-7-13-5-4-6-14(17)11-13;/h4-6,11H,3,7-10,12H2,1-2H3,(H,19,22)(H2,18,20,21);1H. The average Bonchev–Trinajstić information content (AvgIpc) is 2.53. The van der Waals surface area contributed by atoms with E-state index in [0.29, 0.717) is 25.7 Å². The van der Waals surface area contributed by atoms with Gasteiger partial charge >= 0.3 is 0 Å². The van der Waals surface area contributed by atoms with Crippen LogP contribution in [0, 0.1) is 0 Å². The van der Waals surface area contributed by atoms with Gasteiger partial charge in [0.25, 0.3) is 0 Å². The fourth-order valence-corrected chi connectivity index (χ4v) is 2.07. The zero-order valence-corrected chi connectivity index (χ0v) is 17.2. The first-order valence-corrected chi connectivity index (χ1v) is 8.05. The molecule has 1 aromatic carbocycles. The zero-order valence-electron chi connectivity index (χ0n) is 14.1. The van der Waals surface area contributed by atoms with Crippen molar-refractivity contribution in [3.05, 3.63) is 34.9 Å². The van der Waals surface area contributed by atoms with Gasteiger partial charge in [0.15, 0.2) is 5.96 Å². The molecule has 24 heavy (non-hydrogen) atoms. The SMILES string of the molecule is CCNC(=NCC(=O)NCCOC)NCCc1cccc(Cl)c1.I. The molecular formula is C16H26ClIN4O2. The van der Waals surface area contributed by atoms with Crippen LogP contribution >= 0.6 is 35.6 Å². The van der Waals surface area contributed by atoms with Crippen molar-refractivity contribution >= 4 is 47.4 Å². The molecule has 0 heterocycles. The summed E-state index contributed by atoms with van der Waals surface area (Å²) in [6.07, 6.45) is 0.824. The fraction of sp³-hybridized carbons (Fsp3) is 0.500. The van der Waals surface area contributed by atoms with Crippen LogP contribution in [0.4, 0.5) is 0 Å². The lowest BCUT2D eigenvalue weighted by molar-refractivity contribution is -0.119. The fourth-order valence-electron chi connectivity index (χ4n) is 1.86. The molecule has 0 aliphatic heterocycles. The first kappa shape index (κ1) is 22.9. The second kappa shape index (κ2) is 14.3. The molecule has 3 N–H and O–H groups in total. The van der Waals surface area contributed by atoms with Crippen molar-refractivity contribution < 1.29 is 9.53 Å². The van der Waals surface area contributed by atoms with Crippen molar-refractivity contribution in [2.75, 3.05) is 39.9 Å². The van der Waals surface area contributed by atoms with Crippen molar-refractivity contribution in [1.29, 1.82) is 0 Å². The van der Waals surface area contributed by atoms with E-state index in [4.69, 9.17) is 16.3 Å². The second-order valence-corrected chi connectivity index (χ2v) is 5.28. The molecule has 1 aromatic rings. The third-order valence-corrected chi connectivity index (χ3v) is 3.18. The Hall–Kier alpha value is -1.06. The highest BCUT2D eigenvalue weighted by Crippen LogP contribution is 2.10. The lowest BCUT2D eigenvalue weighted by Crippen LogP contribution is -2.39. The number of ether oxygens (including phenoxy) is 1. The van der Waals surface area contributed by atoms with Crippen molar-refractivity contribution in [2.24, 2.45) is 4.99 Å². The Bertz CT molecular complexity index is 515. The number of methoxy groups -OCH3 is 1. The number of nitrogens with zero attached hydrogens (tertiary/aromatic N) is 1. The van der Waals surface area contributed by atoms with Crippen LogP contribution in [-0.2, 0) is 16.0 Å². The summed E-state index contributed by atoms with van der Waals surface area (Å²) < 4.78 is 4.88. The highest BCUT2D eigenvalue weighted by Gasteiger charge is 2.02. The number of rotatable bonds is 9. The van der Waals surface area contributed by atoms with E-state index < -0.39 is 0 Å². The van der Waals surface area contributed by atoms with Gasteiger partial charge in [0.2, 0.25) is 5.91 Å². The van der Waals surface area contributed by atoms with Crippen molar-refractivity contribution in [3.63, 3.8) is 0 Å². The van der Waals surface area contributed by atoms with Gasteiger partial charge in [0.1, 0.15) is 6.54 Å². The van der Waals surface area contributed by atoms with Crippen molar-refractivity contribution in [1.82, 2.24) is 16.0 Å². The number of carbonyl (C=O) groups is 1. The minimum atomic E-state index is -0.130. The van der Waals surface area contributed by atoms with Crippen LogP contribution in [-0.4, -0.2) is 51.8 Å². The molecule has 0 spiro atoms. The second-order valence-electron chi connectivity index (χ2n) is 4.84. The van der Waals surface area contributed by atoms with Gasteiger partial charge in [-0.3, -0.25) is 4.79 Å². The third-order valence-electron chi connectivity index (χ3n) is 2.95. The predicted molar refractivity (Wildman–Crippen MR) is 109 cm³/mol. The van der Waals surface area contributed by atoms with Gasteiger partial charge in [-0.2, -0.15) is 0 Å². The molecule has 0 radical (unpaired) electrons. The van der Waals surface area contributed by atoms with Gasteiger partial charge in [0, 0.05) is 31.8 Å². The largest absolute Gasteiger partial charge is 0.383 e. The zero-order chi connectivity index (χ0) is 16.9. The van der Waals surface area contributed by atoms with Crippen LogP contribution in [0.15, 0.2) is 29.3 Å². The number of guanidine groups is 1. The van der Waals surface area contributed by atoms with Crippen LogP contribution in [0.5, 0.6) is 0 Å². The molecule has 0 aliphatic rings. The number of hydrogen-bond donors (Lipinski definition) is 3. The molecule has 1 rings (SSSR count). The Morgan fingerprint density at radius 1 is 1.25 bits per heavy atom. The number of aliphatic imine (C=N–C) groups is 1. The highest BCUT2D eigenvalue weighted by atomic mass is 127. The van der Waals surface area contributed by atoms with Crippen molar-refractivity contribution in [2.45, 2.75) is 13.3 Å². The molecule has 0 bridgehead atoms. The van der Waals surface area contributed by atoms with Gasteiger partial charge in [0.05, 0.1) is 6.61 Å². The summed E-state index contributed by atoms with van der Waals surface area (Å²) in [7, 11) is 1.59. The first-order chi connectivity index (χ1) is 11.2. The molecule has 0 saturated carbocycles. The Morgan fingerprint density at radius 3 is 2.71 bits per heavy atom. The number of carbonyl (C=O) groups excluding carboxylic acids is 1. The maximum atomic E-state index is 11.6. The number of hydrogen-bond acceptors (Lipinski definition) is 3. The van der Waals surface area contributed by atoms with Crippen LogP contribution in [0.25, 0.3) is 0 Å². The molecule has 8 heteroatoms. The third kappa shape index (κ3) is 10.7. The number of halogens is 2. The molecule has 0 aromatic heterocycles. The summed E-state index contributed by atoms with van der Waals surface area (Å²) >= 11 is 5.96. The molecule has 0 unspecified atom stereocenters. The highest BCUT2D eigenvalue weighted by molar-refractivity contribution is 14.0. The van der Waals surface area contributed by atoms with Gasteiger partial charge in [-0.15, -0.1) is 24.0 Å². The summed E-state index contributed by atoms with van der Waals surface area (Å²) in [5.41, 5.74) is 1.15. The smallest absolute Gasteiger partial charge is 0.241 e. The van der Waals surface area contributed by atoms with E-state index in [-0.39, 0.29) is 36.4 Å². The van der Waals surface area contributed by atoms with E-state index in [1.807, 2.05) is 31.2 Å².